The van der Waals surface area contributed by atoms with Gasteiger partial charge in [-0.2, -0.15) is 13.2 Å². The predicted octanol–water partition coefficient (Wildman–Crippen LogP) is 3.16. The number of rotatable bonds is 5. The van der Waals surface area contributed by atoms with E-state index in [4.69, 9.17) is 4.74 Å². The summed E-state index contributed by atoms with van der Waals surface area (Å²) in [6.07, 6.45) is -2.40. The first-order valence-corrected chi connectivity index (χ1v) is 6.84. The first-order valence-electron chi connectivity index (χ1n) is 6.84. The van der Waals surface area contributed by atoms with Crippen LogP contribution in [0, 0.1) is 5.92 Å². The second-order valence-corrected chi connectivity index (χ2v) is 5.14. The summed E-state index contributed by atoms with van der Waals surface area (Å²) in [4.78, 5) is 23.1. The summed E-state index contributed by atoms with van der Waals surface area (Å²) in [5.41, 5.74) is -0.310. The molecule has 7 heteroatoms. The zero-order valence-corrected chi connectivity index (χ0v) is 11.9. The Balaban J connectivity index is 2.35. The third-order valence-electron chi connectivity index (χ3n) is 3.36. The van der Waals surface area contributed by atoms with Gasteiger partial charge in [0.1, 0.15) is 6.61 Å². The Morgan fingerprint density at radius 3 is 2.33 bits per heavy atom. The quantitative estimate of drug-likeness (QED) is 0.578. The van der Waals surface area contributed by atoms with Crippen molar-refractivity contribution in [2.24, 2.45) is 5.92 Å². The van der Waals surface area contributed by atoms with E-state index in [1.165, 1.54) is 0 Å². The highest BCUT2D eigenvalue weighted by atomic mass is 19.4. The van der Waals surface area contributed by atoms with E-state index >= 15 is 0 Å². The minimum Gasteiger partial charge on any atom is -0.460 e. The number of carbonyl (C=O) groups is 2. The molecular formula is C14H19F3O4. The van der Waals surface area contributed by atoms with E-state index in [9.17, 15) is 22.8 Å². The molecule has 0 heterocycles. The lowest BCUT2D eigenvalue weighted by atomic mass is 9.89. The summed E-state index contributed by atoms with van der Waals surface area (Å²) in [6.45, 7) is 3.56. The molecule has 0 aromatic rings. The summed E-state index contributed by atoms with van der Waals surface area (Å²) < 4.78 is 45.8. The molecule has 0 aromatic heterocycles. The lowest BCUT2D eigenvalue weighted by Gasteiger charge is -2.20. The van der Waals surface area contributed by atoms with Crippen molar-refractivity contribution in [1.29, 1.82) is 0 Å². The lowest BCUT2D eigenvalue weighted by Crippen LogP contribution is -2.32. The number of halogens is 3. The van der Waals surface area contributed by atoms with Crippen LogP contribution < -0.4 is 0 Å². The highest BCUT2D eigenvalue weighted by molar-refractivity contribution is 5.88. The molecule has 21 heavy (non-hydrogen) atoms. The molecule has 0 radical (unpaired) electrons. The molecule has 1 saturated carbocycles. The number of alkyl halides is 3. The molecule has 120 valence electrons. The van der Waals surface area contributed by atoms with Crippen LogP contribution in [0.2, 0.25) is 0 Å². The van der Waals surface area contributed by atoms with Gasteiger partial charge in [-0.05, 0) is 19.8 Å². The number of carbonyl (C=O) groups excluding carboxylic acids is 2. The van der Waals surface area contributed by atoms with E-state index < -0.39 is 30.8 Å². The van der Waals surface area contributed by atoms with Gasteiger partial charge in [-0.15, -0.1) is 0 Å². The molecule has 1 aliphatic carbocycles. The van der Waals surface area contributed by atoms with Gasteiger partial charge >= 0.3 is 18.1 Å². The second kappa shape index (κ2) is 7.47. The van der Waals surface area contributed by atoms with Gasteiger partial charge < -0.3 is 9.47 Å². The summed E-state index contributed by atoms with van der Waals surface area (Å²) in [6, 6.07) is 0. The van der Waals surface area contributed by atoms with Crippen molar-refractivity contribution < 1.29 is 32.2 Å². The van der Waals surface area contributed by atoms with Crippen LogP contribution in [0.25, 0.3) is 0 Å². The number of ether oxygens (including phenoxy) is 2. The molecule has 1 rings (SSSR count). The smallest absolute Gasteiger partial charge is 0.425 e. The molecule has 0 aliphatic heterocycles. The highest BCUT2D eigenvalue weighted by Gasteiger charge is 2.39. The third-order valence-corrected chi connectivity index (χ3v) is 3.36. The van der Waals surface area contributed by atoms with Gasteiger partial charge in [0.25, 0.3) is 0 Å². The minimum absolute atomic E-state index is 0.198. The average Bonchev–Trinajstić information content (AvgIpc) is 2.44. The van der Waals surface area contributed by atoms with Crippen LogP contribution in [-0.2, 0) is 19.1 Å². The Morgan fingerprint density at radius 1 is 1.24 bits per heavy atom. The SMILES string of the molecule is C=C(COC(=O)C1CCCCC1)C(=O)OC(C)C(F)(F)F. The summed E-state index contributed by atoms with van der Waals surface area (Å²) in [5.74, 6) is -1.85. The van der Waals surface area contributed by atoms with Crippen LogP contribution in [0.3, 0.4) is 0 Å². The summed E-state index contributed by atoms with van der Waals surface area (Å²) >= 11 is 0. The number of hydrogen-bond donors (Lipinski definition) is 0. The fraction of sp³-hybridized carbons (Fsp3) is 0.714. The van der Waals surface area contributed by atoms with Gasteiger partial charge in [0.05, 0.1) is 11.5 Å². The lowest BCUT2D eigenvalue weighted by molar-refractivity contribution is -0.214. The fourth-order valence-electron chi connectivity index (χ4n) is 1.98. The molecule has 4 nitrogen and oxygen atoms in total. The minimum atomic E-state index is -4.63. The van der Waals surface area contributed by atoms with Crippen LogP contribution in [0.4, 0.5) is 13.2 Å². The van der Waals surface area contributed by atoms with Crippen LogP contribution in [-0.4, -0.2) is 30.8 Å². The molecule has 0 aromatic carbocycles. The van der Waals surface area contributed by atoms with E-state index in [1.54, 1.807) is 0 Å². The Hall–Kier alpha value is -1.53. The molecule has 0 saturated heterocycles. The van der Waals surface area contributed by atoms with Crippen molar-refractivity contribution in [3.05, 3.63) is 12.2 Å². The summed E-state index contributed by atoms with van der Waals surface area (Å²) in [5, 5.41) is 0. The van der Waals surface area contributed by atoms with Crippen molar-refractivity contribution in [2.45, 2.75) is 51.3 Å². The zero-order valence-electron chi connectivity index (χ0n) is 11.9. The topological polar surface area (TPSA) is 52.6 Å². The van der Waals surface area contributed by atoms with Gasteiger partial charge in [-0.25, -0.2) is 4.79 Å². The first-order chi connectivity index (χ1) is 9.71. The molecule has 0 N–H and O–H groups in total. The Kier molecular flexibility index (Phi) is 6.23. The first kappa shape index (κ1) is 17.5. The molecular weight excluding hydrogens is 289 g/mol. The van der Waals surface area contributed by atoms with Crippen molar-refractivity contribution in [3.8, 4) is 0 Å². The molecule has 0 amide bonds. The second-order valence-electron chi connectivity index (χ2n) is 5.14. The van der Waals surface area contributed by atoms with Crippen molar-refractivity contribution in [2.75, 3.05) is 6.61 Å². The maximum Gasteiger partial charge on any atom is 0.425 e. The van der Waals surface area contributed by atoms with Gasteiger partial charge in [-0.3, -0.25) is 4.79 Å². The standard InChI is InChI=1S/C14H19F3O4/c1-9(12(18)21-10(2)14(15,16)17)8-20-13(19)11-6-4-3-5-7-11/h10-11H,1,3-8H2,2H3. The van der Waals surface area contributed by atoms with Crippen LogP contribution >= 0.6 is 0 Å². The van der Waals surface area contributed by atoms with E-state index in [0.29, 0.717) is 0 Å². The van der Waals surface area contributed by atoms with E-state index in [-0.39, 0.29) is 11.5 Å². The summed E-state index contributed by atoms with van der Waals surface area (Å²) in [7, 11) is 0. The maximum absolute atomic E-state index is 12.2. The monoisotopic (exact) mass is 308 g/mol. The Morgan fingerprint density at radius 2 is 1.81 bits per heavy atom. The third kappa shape index (κ3) is 5.77. The predicted molar refractivity (Wildman–Crippen MR) is 68.3 cm³/mol. The molecule has 1 aliphatic rings. The van der Waals surface area contributed by atoms with Gasteiger partial charge in [0.15, 0.2) is 6.10 Å². The Bertz CT molecular complexity index is 398. The zero-order chi connectivity index (χ0) is 16.0. The van der Waals surface area contributed by atoms with Gasteiger partial charge in [0, 0.05) is 0 Å². The number of esters is 2. The fourth-order valence-corrected chi connectivity index (χ4v) is 1.98. The van der Waals surface area contributed by atoms with Crippen LogP contribution in [0.5, 0.6) is 0 Å². The van der Waals surface area contributed by atoms with Gasteiger partial charge in [0.2, 0.25) is 0 Å². The van der Waals surface area contributed by atoms with E-state index in [0.717, 1.165) is 39.0 Å². The largest absolute Gasteiger partial charge is 0.460 e. The van der Waals surface area contributed by atoms with E-state index in [1.807, 2.05) is 0 Å². The highest BCUT2D eigenvalue weighted by Crippen LogP contribution is 2.25. The number of hydrogen-bond acceptors (Lipinski definition) is 4. The molecule has 1 unspecified atom stereocenters. The van der Waals surface area contributed by atoms with Gasteiger partial charge in [-0.1, -0.05) is 25.8 Å². The normalized spacial score (nSPS) is 17.9. The molecule has 1 fully saturated rings. The van der Waals surface area contributed by atoms with Crippen molar-refractivity contribution in [3.63, 3.8) is 0 Å². The average molecular weight is 308 g/mol. The van der Waals surface area contributed by atoms with Crippen molar-refractivity contribution >= 4 is 11.9 Å². The Labute approximate surface area is 121 Å². The maximum atomic E-state index is 12.2. The van der Waals surface area contributed by atoms with E-state index in [2.05, 4.69) is 11.3 Å². The molecule has 0 bridgehead atoms. The molecule has 1 atom stereocenters. The van der Waals surface area contributed by atoms with Crippen LogP contribution in [0.15, 0.2) is 12.2 Å². The van der Waals surface area contributed by atoms with Crippen molar-refractivity contribution in [1.82, 2.24) is 0 Å². The molecule has 0 spiro atoms. The van der Waals surface area contributed by atoms with Crippen LogP contribution in [0.1, 0.15) is 39.0 Å².